The second-order valence-corrected chi connectivity index (χ2v) is 6.17. The first-order valence-electron chi connectivity index (χ1n) is 6.71. The Labute approximate surface area is 120 Å². The van der Waals surface area contributed by atoms with Gasteiger partial charge in [0.2, 0.25) is 0 Å². The molecule has 2 aromatic carbocycles. The molecule has 19 heavy (non-hydrogen) atoms. The van der Waals surface area contributed by atoms with E-state index in [0.29, 0.717) is 6.04 Å². The van der Waals surface area contributed by atoms with Crippen LogP contribution in [0.15, 0.2) is 58.3 Å². The summed E-state index contributed by atoms with van der Waals surface area (Å²) < 4.78 is 0. The molecule has 0 saturated carbocycles. The summed E-state index contributed by atoms with van der Waals surface area (Å²) in [5, 5.41) is 3.48. The van der Waals surface area contributed by atoms with E-state index in [1.165, 1.54) is 20.9 Å². The molecule has 0 aliphatic heterocycles. The van der Waals surface area contributed by atoms with Gasteiger partial charge >= 0.3 is 0 Å². The van der Waals surface area contributed by atoms with Crippen molar-refractivity contribution in [3.8, 4) is 0 Å². The highest BCUT2D eigenvalue weighted by Gasteiger charge is 2.04. The van der Waals surface area contributed by atoms with Gasteiger partial charge in [-0.3, -0.25) is 0 Å². The van der Waals surface area contributed by atoms with Gasteiger partial charge in [-0.25, -0.2) is 0 Å². The zero-order valence-electron chi connectivity index (χ0n) is 11.8. The predicted molar refractivity (Wildman–Crippen MR) is 83.7 cm³/mol. The van der Waals surface area contributed by atoms with Crippen LogP contribution in [-0.2, 0) is 6.54 Å². The number of rotatable bonds is 5. The summed E-state index contributed by atoms with van der Waals surface area (Å²) in [6.45, 7) is 7.40. The minimum Gasteiger partial charge on any atom is -0.310 e. The quantitative estimate of drug-likeness (QED) is 0.850. The van der Waals surface area contributed by atoms with Crippen LogP contribution in [-0.4, -0.2) is 6.04 Å². The lowest BCUT2D eigenvalue weighted by molar-refractivity contribution is 0.585. The van der Waals surface area contributed by atoms with Crippen LogP contribution in [0.2, 0.25) is 0 Å². The molecule has 0 aliphatic rings. The first-order chi connectivity index (χ1) is 9.15. The minimum atomic E-state index is 0.512. The molecular weight excluding hydrogens is 250 g/mol. The number of hydrogen-bond acceptors (Lipinski definition) is 2. The van der Waals surface area contributed by atoms with E-state index >= 15 is 0 Å². The highest BCUT2D eigenvalue weighted by Crippen LogP contribution is 2.30. The van der Waals surface area contributed by atoms with Gasteiger partial charge in [0.05, 0.1) is 0 Å². The maximum atomic E-state index is 3.48. The topological polar surface area (TPSA) is 12.0 Å². The summed E-state index contributed by atoms with van der Waals surface area (Å²) in [4.78, 5) is 2.63. The van der Waals surface area contributed by atoms with Crippen molar-refractivity contribution in [1.82, 2.24) is 5.32 Å². The third kappa shape index (κ3) is 4.41. The molecule has 0 radical (unpaired) electrons. The van der Waals surface area contributed by atoms with Crippen LogP contribution in [0, 0.1) is 6.92 Å². The fraction of sp³-hybridized carbons (Fsp3) is 0.294. The van der Waals surface area contributed by atoms with E-state index in [1.54, 1.807) is 0 Å². The summed E-state index contributed by atoms with van der Waals surface area (Å²) in [6, 6.07) is 17.8. The largest absolute Gasteiger partial charge is 0.310 e. The molecule has 0 atom stereocenters. The molecule has 0 unspecified atom stereocenters. The maximum absolute atomic E-state index is 3.48. The Morgan fingerprint density at radius 3 is 2.37 bits per heavy atom. The normalized spacial score (nSPS) is 10.9. The van der Waals surface area contributed by atoms with Gasteiger partial charge in [-0.1, -0.05) is 61.5 Å². The molecule has 0 amide bonds. The van der Waals surface area contributed by atoms with E-state index in [-0.39, 0.29) is 0 Å². The number of hydrogen-bond donors (Lipinski definition) is 1. The molecule has 0 aliphatic carbocycles. The Hall–Kier alpha value is -1.25. The third-order valence-electron chi connectivity index (χ3n) is 2.92. The summed E-state index contributed by atoms with van der Waals surface area (Å²) in [5.74, 6) is 0. The first-order valence-corrected chi connectivity index (χ1v) is 7.52. The van der Waals surface area contributed by atoms with Gasteiger partial charge < -0.3 is 5.32 Å². The lowest BCUT2D eigenvalue weighted by Crippen LogP contribution is -2.22. The van der Waals surface area contributed by atoms with Crippen molar-refractivity contribution in [2.75, 3.05) is 0 Å². The molecule has 1 N–H and O–H groups in total. The van der Waals surface area contributed by atoms with Crippen molar-refractivity contribution >= 4 is 11.8 Å². The van der Waals surface area contributed by atoms with Gasteiger partial charge in [-0.15, -0.1) is 0 Å². The molecular formula is C17H21NS. The molecule has 0 aromatic heterocycles. The molecule has 0 bridgehead atoms. The third-order valence-corrected chi connectivity index (χ3v) is 4.05. The van der Waals surface area contributed by atoms with Gasteiger partial charge in [0.1, 0.15) is 0 Å². The number of nitrogens with one attached hydrogen (secondary N) is 1. The molecule has 1 nitrogen and oxygen atoms in total. The summed E-state index contributed by atoms with van der Waals surface area (Å²) in [6.07, 6.45) is 0. The zero-order chi connectivity index (χ0) is 13.7. The van der Waals surface area contributed by atoms with Crippen LogP contribution >= 0.6 is 11.8 Å². The van der Waals surface area contributed by atoms with Crippen molar-refractivity contribution in [2.45, 2.75) is 43.1 Å². The van der Waals surface area contributed by atoms with Gasteiger partial charge in [0.15, 0.2) is 0 Å². The van der Waals surface area contributed by atoms with Crippen LogP contribution in [0.4, 0.5) is 0 Å². The highest BCUT2D eigenvalue weighted by atomic mass is 32.2. The van der Waals surface area contributed by atoms with E-state index in [2.05, 4.69) is 74.6 Å². The fourth-order valence-corrected chi connectivity index (χ4v) is 2.74. The van der Waals surface area contributed by atoms with Crippen molar-refractivity contribution in [2.24, 2.45) is 0 Å². The molecule has 2 heteroatoms. The Morgan fingerprint density at radius 2 is 1.68 bits per heavy atom. The molecule has 0 saturated heterocycles. The molecule has 0 heterocycles. The Kier molecular flexibility index (Phi) is 5.06. The molecule has 0 fully saturated rings. The summed E-state index contributed by atoms with van der Waals surface area (Å²) >= 11 is 1.83. The molecule has 2 aromatic rings. The van der Waals surface area contributed by atoms with Gasteiger partial charge in [0, 0.05) is 22.4 Å². The van der Waals surface area contributed by atoms with Crippen LogP contribution in [0.3, 0.4) is 0 Å². The van der Waals surface area contributed by atoms with Crippen molar-refractivity contribution in [1.29, 1.82) is 0 Å². The average Bonchev–Trinajstić information content (AvgIpc) is 2.40. The Bertz CT molecular complexity index is 517. The lowest BCUT2D eigenvalue weighted by atomic mass is 10.2. The van der Waals surface area contributed by atoms with Crippen molar-refractivity contribution in [3.63, 3.8) is 0 Å². The van der Waals surface area contributed by atoms with Crippen LogP contribution < -0.4 is 5.32 Å². The van der Waals surface area contributed by atoms with Gasteiger partial charge in [-0.2, -0.15) is 0 Å². The number of aryl methyl sites for hydroxylation is 1. The lowest BCUT2D eigenvalue weighted by Gasteiger charge is -2.12. The zero-order valence-corrected chi connectivity index (χ0v) is 12.6. The Morgan fingerprint density at radius 1 is 1.00 bits per heavy atom. The van der Waals surface area contributed by atoms with Crippen LogP contribution in [0.5, 0.6) is 0 Å². The van der Waals surface area contributed by atoms with Crippen LogP contribution in [0.1, 0.15) is 25.0 Å². The maximum Gasteiger partial charge on any atom is 0.0219 e. The monoisotopic (exact) mass is 271 g/mol. The minimum absolute atomic E-state index is 0.512. The standard InChI is InChI=1S/C17H21NS/c1-13(2)18-12-15-6-4-5-7-17(15)19-16-10-8-14(3)9-11-16/h4-11,13,18H,12H2,1-3H3. The van der Waals surface area contributed by atoms with E-state index in [1.807, 2.05) is 11.8 Å². The van der Waals surface area contributed by atoms with Crippen molar-refractivity contribution < 1.29 is 0 Å². The average molecular weight is 271 g/mol. The van der Waals surface area contributed by atoms with E-state index in [9.17, 15) is 0 Å². The van der Waals surface area contributed by atoms with Gasteiger partial charge in [0.25, 0.3) is 0 Å². The molecule has 100 valence electrons. The summed E-state index contributed by atoms with van der Waals surface area (Å²) in [7, 11) is 0. The van der Waals surface area contributed by atoms with Gasteiger partial charge in [-0.05, 0) is 30.7 Å². The molecule has 0 spiro atoms. The van der Waals surface area contributed by atoms with E-state index in [0.717, 1.165) is 6.54 Å². The number of benzene rings is 2. The van der Waals surface area contributed by atoms with Crippen LogP contribution in [0.25, 0.3) is 0 Å². The van der Waals surface area contributed by atoms with E-state index < -0.39 is 0 Å². The highest BCUT2D eigenvalue weighted by molar-refractivity contribution is 7.99. The SMILES string of the molecule is Cc1ccc(Sc2ccccc2CNC(C)C)cc1. The fourth-order valence-electron chi connectivity index (χ4n) is 1.80. The second-order valence-electron chi connectivity index (χ2n) is 5.06. The smallest absolute Gasteiger partial charge is 0.0219 e. The Balaban J connectivity index is 2.13. The predicted octanol–water partition coefficient (Wildman–Crippen LogP) is 4.64. The summed E-state index contributed by atoms with van der Waals surface area (Å²) in [5.41, 5.74) is 2.67. The van der Waals surface area contributed by atoms with E-state index in [4.69, 9.17) is 0 Å². The van der Waals surface area contributed by atoms with Crippen molar-refractivity contribution in [3.05, 3.63) is 59.7 Å². The molecule has 2 rings (SSSR count). The first kappa shape index (κ1) is 14.2. The second kappa shape index (κ2) is 6.78.